The van der Waals surface area contributed by atoms with Crippen LogP contribution < -0.4 is 0 Å². The Labute approximate surface area is 153 Å². The molecule has 1 unspecified atom stereocenters. The number of carbonyl (C=O) groups is 1. The molecule has 0 aliphatic carbocycles. The average Bonchev–Trinajstić information content (AvgIpc) is 2.69. The van der Waals surface area contributed by atoms with Crippen LogP contribution in [0, 0.1) is 5.92 Å². The number of pyridine rings is 1. The Hall–Kier alpha value is -2.73. The molecular weight excluding hydrogens is 330 g/mol. The number of piperidine rings is 1. The number of carboxylic acid groups (broad SMARTS) is 1. The standard InChI is InChI=1S/C20H23N3O3/c24-20(25)18-9-5-11-23(15-18)12-13-26-22-14-17-8-4-10-21-19(17)16-6-2-1-3-7-16/h1-4,6-8,10,14,18H,5,9,11-13,15H2,(H,24,25)/b22-14+. The predicted octanol–water partition coefficient (Wildman–Crippen LogP) is 2.90. The first-order valence-corrected chi connectivity index (χ1v) is 8.85. The Morgan fingerprint density at radius 1 is 1.31 bits per heavy atom. The smallest absolute Gasteiger partial charge is 0.307 e. The molecule has 6 heteroatoms. The Morgan fingerprint density at radius 3 is 2.96 bits per heavy atom. The summed E-state index contributed by atoms with van der Waals surface area (Å²) in [6, 6.07) is 13.8. The minimum atomic E-state index is -0.710. The van der Waals surface area contributed by atoms with Gasteiger partial charge in [-0.05, 0) is 31.5 Å². The Bertz CT molecular complexity index is 749. The second-order valence-corrected chi connectivity index (χ2v) is 6.35. The number of oxime groups is 1. The molecule has 1 fully saturated rings. The van der Waals surface area contributed by atoms with E-state index in [-0.39, 0.29) is 5.92 Å². The van der Waals surface area contributed by atoms with Crippen molar-refractivity contribution in [3.8, 4) is 11.3 Å². The first kappa shape index (κ1) is 18.1. The summed E-state index contributed by atoms with van der Waals surface area (Å²) in [6.45, 7) is 2.62. The highest BCUT2D eigenvalue weighted by atomic mass is 16.6. The second kappa shape index (κ2) is 9.10. The lowest BCUT2D eigenvalue weighted by atomic mass is 9.98. The lowest BCUT2D eigenvalue weighted by Gasteiger charge is -2.29. The van der Waals surface area contributed by atoms with Crippen LogP contribution in [-0.2, 0) is 9.63 Å². The molecular formula is C20H23N3O3. The van der Waals surface area contributed by atoms with Gasteiger partial charge in [0.2, 0.25) is 0 Å². The van der Waals surface area contributed by atoms with Gasteiger partial charge in [-0.15, -0.1) is 0 Å². The van der Waals surface area contributed by atoms with Crippen molar-refractivity contribution in [3.05, 3.63) is 54.2 Å². The normalized spacial score (nSPS) is 18.1. The first-order valence-electron chi connectivity index (χ1n) is 8.85. The van der Waals surface area contributed by atoms with Crippen molar-refractivity contribution in [2.24, 2.45) is 11.1 Å². The third-order valence-corrected chi connectivity index (χ3v) is 4.51. The van der Waals surface area contributed by atoms with Crippen LogP contribution in [0.5, 0.6) is 0 Å². The van der Waals surface area contributed by atoms with E-state index in [0.29, 0.717) is 19.7 Å². The van der Waals surface area contributed by atoms with Gasteiger partial charge in [-0.1, -0.05) is 35.5 Å². The van der Waals surface area contributed by atoms with Crippen LogP contribution in [0.2, 0.25) is 0 Å². The first-order chi connectivity index (χ1) is 12.7. The molecule has 26 heavy (non-hydrogen) atoms. The van der Waals surface area contributed by atoms with Crippen molar-refractivity contribution >= 4 is 12.2 Å². The van der Waals surface area contributed by atoms with Crippen LogP contribution in [-0.4, -0.2) is 53.4 Å². The molecule has 136 valence electrons. The summed E-state index contributed by atoms with van der Waals surface area (Å²) < 4.78 is 0. The van der Waals surface area contributed by atoms with Gasteiger partial charge in [-0.25, -0.2) is 0 Å². The maximum atomic E-state index is 11.1. The van der Waals surface area contributed by atoms with Gasteiger partial charge in [0.25, 0.3) is 0 Å². The number of aliphatic carboxylic acids is 1. The number of benzene rings is 1. The highest BCUT2D eigenvalue weighted by Gasteiger charge is 2.24. The van der Waals surface area contributed by atoms with Gasteiger partial charge in [0, 0.05) is 30.4 Å². The van der Waals surface area contributed by atoms with E-state index in [1.165, 1.54) is 0 Å². The van der Waals surface area contributed by atoms with Gasteiger partial charge in [0.05, 0.1) is 17.8 Å². The molecule has 2 aromatic rings. The van der Waals surface area contributed by atoms with E-state index in [9.17, 15) is 4.79 Å². The van der Waals surface area contributed by atoms with E-state index in [4.69, 9.17) is 9.94 Å². The quantitative estimate of drug-likeness (QED) is 0.471. The summed E-state index contributed by atoms with van der Waals surface area (Å²) in [5, 5.41) is 13.2. The molecule has 0 radical (unpaired) electrons. The van der Waals surface area contributed by atoms with Crippen LogP contribution in [0.1, 0.15) is 18.4 Å². The molecule has 0 spiro atoms. The van der Waals surface area contributed by atoms with Crippen molar-refractivity contribution in [1.29, 1.82) is 0 Å². The summed E-state index contributed by atoms with van der Waals surface area (Å²) in [4.78, 5) is 23.0. The van der Waals surface area contributed by atoms with Gasteiger partial charge in [-0.2, -0.15) is 0 Å². The van der Waals surface area contributed by atoms with Crippen molar-refractivity contribution in [3.63, 3.8) is 0 Å². The molecule has 6 nitrogen and oxygen atoms in total. The number of hydrogen-bond acceptors (Lipinski definition) is 5. The lowest BCUT2D eigenvalue weighted by molar-refractivity contribution is -0.143. The summed E-state index contributed by atoms with van der Waals surface area (Å²) >= 11 is 0. The topological polar surface area (TPSA) is 75.0 Å². The third kappa shape index (κ3) is 4.89. The maximum Gasteiger partial charge on any atom is 0.307 e. The maximum absolute atomic E-state index is 11.1. The predicted molar refractivity (Wildman–Crippen MR) is 100 cm³/mol. The van der Waals surface area contributed by atoms with Gasteiger partial charge in [-0.3, -0.25) is 14.7 Å². The Morgan fingerprint density at radius 2 is 2.15 bits per heavy atom. The molecule has 0 saturated carbocycles. The summed E-state index contributed by atoms with van der Waals surface area (Å²) in [7, 11) is 0. The van der Waals surface area contributed by atoms with E-state index in [2.05, 4.69) is 15.0 Å². The summed E-state index contributed by atoms with van der Waals surface area (Å²) in [5.74, 6) is -0.977. The number of hydrogen-bond donors (Lipinski definition) is 1. The molecule has 1 N–H and O–H groups in total. The fraction of sp³-hybridized carbons (Fsp3) is 0.350. The fourth-order valence-corrected chi connectivity index (χ4v) is 3.14. The Balaban J connectivity index is 1.51. The van der Waals surface area contributed by atoms with Gasteiger partial charge < -0.3 is 9.94 Å². The molecule has 0 amide bonds. The molecule has 0 bridgehead atoms. The average molecular weight is 353 g/mol. The second-order valence-electron chi connectivity index (χ2n) is 6.35. The molecule has 1 aromatic heterocycles. The molecule has 1 aliphatic heterocycles. The van der Waals surface area contributed by atoms with Crippen LogP contribution >= 0.6 is 0 Å². The highest BCUT2D eigenvalue weighted by Crippen LogP contribution is 2.19. The molecule has 1 saturated heterocycles. The van der Waals surface area contributed by atoms with E-state index in [1.54, 1.807) is 12.4 Å². The molecule has 1 atom stereocenters. The van der Waals surface area contributed by atoms with Crippen molar-refractivity contribution in [2.45, 2.75) is 12.8 Å². The summed E-state index contributed by atoms with van der Waals surface area (Å²) in [5.41, 5.74) is 2.78. The minimum absolute atomic E-state index is 0.268. The summed E-state index contributed by atoms with van der Waals surface area (Å²) in [6.07, 6.45) is 5.10. The monoisotopic (exact) mass is 353 g/mol. The number of carboxylic acids is 1. The molecule has 1 aromatic carbocycles. The van der Waals surface area contributed by atoms with Gasteiger partial charge in [0.1, 0.15) is 6.61 Å². The third-order valence-electron chi connectivity index (χ3n) is 4.51. The van der Waals surface area contributed by atoms with Crippen LogP contribution in [0.4, 0.5) is 0 Å². The Kier molecular flexibility index (Phi) is 6.33. The molecule has 1 aliphatic rings. The number of likely N-dealkylation sites (tertiary alicyclic amines) is 1. The van der Waals surface area contributed by atoms with Gasteiger partial charge in [0.15, 0.2) is 0 Å². The van der Waals surface area contributed by atoms with Crippen molar-refractivity contribution < 1.29 is 14.7 Å². The lowest BCUT2D eigenvalue weighted by Crippen LogP contribution is -2.40. The zero-order chi connectivity index (χ0) is 18.2. The van der Waals surface area contributed by atoms with Crippen LogP contribution in [0.3, 0.4) is 0 Å². The van der Waals surface area contributed by atoms with Crippen LogP contribution in [0.25, 0.3) is 11.3 Å². The molecule has 3 rings (SSSR count). The largest absolute Gasteiger partial charge is 0.481 e. The van der Waals surface area contributed by atoms with Crippen LogP contribution in [0.15, 0.2) is 53.8 Å². The van der Waals surface area contributed by atoms with Crippen molar-refractivity contribution in [2.75, 3.05) is 26.2 Å². The zero-order valence-electron chi connectivity index (χ0n) is 14.6. The highest BCUT2D eigenvalue weighted by molar-refractivity contribution is 5.88. The van der Waals surface area contributed by atoms with E-state index >= 15 is 0 Å². The van der Waals surface area contributed by atoms with Crippen molar-refractivity contribution in [1.82, 2.24) is 9.88 Å². The fourth-order valence-electron chi connectivity index (χ4n) is 3.14. The SMILES string of the molecule is O=C(O)C1CCCN(CCO/N=C/c2cccnc2-c2ccccc2)C1. The van der Waals surface area contributed by atoms with E-state index in [1.807, 2.05) is 42.5 Å². The number of nitrogens with zero attached hydrogens (tertiary/aromatic N) is 3. The minimum Gasteiger partial charge on any atom is -0.481 e. The van der Waals surface area contributed by atoms with Gasteiger partial charge >= 0.3 is 5.97 Å². The van der Waals surface area contributed by atoms with E-state index < -0.39 is 5.97 Å². The van der Waals surface area contributed by atoms with E-state index in [0.717, 1.165) is 36.2 Å². The number of aromatic nitrogens is 1. The molecule has 2 heterocycles. The number of rotatable bonds is 7. The zero-order valence-corrected chi connectivity index (χ0v) is 14.6.